The Labute approximate surface area is 206 Å². The van der Waals surface area contributed by atoms with Gasteiger partial charge in [-0.1, -0.05) is 26.8 Å². The molecule has 7 nitrogen and oxygen atoms in total. The van der Waals surface area contributed by atoms with Crippen molar-refractivity contribution in [1.29, 1.82) is 0 Å². The molecular formula is C28H38O7. The van der Waals surface area contributed by atoms with Gasteiger partial charge in [0.25, 0.3) is 0 Å². The Hall–Kier alpha value is -2.38. The average Bonchev–Trinajstić information content (AvgIpc) is 2.73. The molecule has 3 aliphatic rings. The van der Waals surface area contributed by atoms with Crippen LogP contribution < -0.4 is 4.74 Å². The number of carbonyl (C=O) groups is 2. The van der Waals surface area contributed by atoms with Gasteiger partial charge < -0.3 is 25.2 Å². The molecule has 1 fully saturated rings. The smallest absolute Gasteiger partial charge is 0.157 e. The van der Waals surface area contributed by atoms with Gasteiger partial charge in [0, 0.05) is 22.8 Å². The average molecular weight is 487 g/mol. The molecule has 0 bridgehead atoms. The van der Waals surface area contributed by atoms with Crippen molar-refractivity contribution in [2.45, 2.75) is 90.4 Å². The Kier molecular flexibility index (Phi) is 6.13. The number of benzene rings is 1. The highest BCUT2D eigenvalue weighted by Crippen LogP contribution is 2.64. The molecule has 35 heavy (non-hydrogen) atoms. The maximum absolute atomic E-state index is 12.1. The number of fused-ring (bicyclic) bond motifs is 4. The Morgan fingerprint density at radius 3 is 2.31 bits per heavy atom. The molecule has 192 valence electrons. The lowest BCUT2D eigenvalue weighted by Crippen LogP contribution is -2.60. The van der Waals surface area contributed by atoms with Crippen LogP contribution in [0.2, 0.25) is 0 Å². The SMILES string of the molecule is CC(C)CC1c2c(O)c(C=O)c(O)c(C=O)c2OC2C3C(=CCC12C)C(C)(O)CCC3C(C)(C)O. The van der Waals surface area contributed by atoms with Gasteiger partial charge in [0.1, 0.15) is 23.4 Å². The normalized spacial score (nSPS) is 34.3. The molecule has 0 amide bonds. The van der Waals surface area contributed by atoms with Crippen molar-refractivity contribution >= 4 is 12.6 Å². The van der Waals surface area contributed by atoms with E-state index in [0.717, 1.165) is 5.57 Å². The molecule has 4 N–H and O–H groups in total. The predicted molar refractivity (Wildman–Crippen MR) is 131 cm³/mol. The van der Waals surface area contributed by atoms with Crippen LogP contribution in [0.5, 0.6) is 17.2 Å². The number of carbonyl (C=O) groups excluding carboxylic acids is 2. The van der Waals surface area contributed by atoms with Gasteiger partial charge in [0.05, 0.1) is 22.3 Å². The first kappa shape index (κ1) is 25.7. The fourth-order valence-corrected chi connectivity index (χ4v) is 7.01. The molecule has 1 saturated carbocycles. The van der Waals surface area contributed by atoms with Gasteiger partial charge in [-0.3, -0.25) is 9.59 Å². The summed E-state index contributed by atoms with van der Waals surface area (Å²) >= 11 is 0. The summed E-state index contributed by atoms with van der Waals surface area (Å²) in [4.78, 5) is 23.9. The minimum atomic E-state index is -1.05. The summed E-state index contributed by atoms with van der Waals surface area (Å²) in [5.41, 5.74) is -1.92. The molecule has 2 aliphatic carbocycles. The monoisotopic (exact) mass is 486 g/mol. The van der Waals surface area contributed by atoms with Gasteiger partial charge in [0.15, 0.2) is 12.6 Å². The Bertz CT molecular complexity index is 1080. The van der Waals surface area contributed by atoms with E-state index in [2.05, 4.69) is 26.8 Å². The molecule has 7 heteroatoms. The van der Waals surface area contributed by atoms with Crippen LogP contribution >= 0.6 is 0 Å². The maximum atomic E-state index is 12.1. The van der Waals surface area contributed by atoms with E-state index >= 15 is 0 Å². The Morgan fingerprint density at radius 1 is 1.14 bits per heavy atom. The second-order valence-electron chi connectivity index (χ2n) is 12.2. The van der Waals surface area contributed by atoms with Gasteiger partial charge in [0.2, 0.25) is 0 Å². The van der Waals surface area contributed by atoms with E-state index in [9.17, 15) is 30.0 Å². The van der Waals surface area contributed by atoms with Crippen molar-refractivity contribution in [3.63, 3.8) is 0 Å². The first-order valence-electron chi connectivity index (χ1n) is 12.5. The molecule has 0 aromatic heterocycles. The summed E-state index contributed by atoms with van der Waals surface area (Å²) in [6, 6.07) is 0. The Morgan fingerprint density at radius 2 is 1.77 bits per heavy atom. The first-order chi connectivity index (χ1) is 16.2. The number of aromatic hydroxyl groups is 2. The zero-order valence-corrected chi connectivity index (χ0v) is 21.5. The molecule has 6 unspecified atom stereocenters. The van der Waals surface area contributed by atoms with E-state index in [1.807, 2.05) is 0 Å². The quantitative estimate of drug-likeness (QED) is 0.357. The summed E-state index contributed by atoms with van der Waals surface area (Å²) in [6.07, 6.45) is 4.68. The number of phenols is 2. The van der Waals surface area contributed by atoms with E-state index in [1.54, 1.807) is 20.8 Å². The van der Waals surface area contributed by atoms with E-state index in [0.29, 0.717) is 43.8 Å². The van der Waals surface area contributed by atoms with Crippen molar-refractivity contribution in [2.75, 3.05) is 0 Å². The molecule has 0 radical (unpaired) electrons. The van der Waals surface area contributed by atoms with Crippen molar-refractivity contribution < 1.29 is 34.8 Å². The molecule has 0 saturated heterocycles. The summed E-state index contributed by atoms with van der Waals surface area (Å²) < 4.78 is 6.59. The van der Waals surface area contributed by atoms with Gasteiger partial charge in [-0.15, -0.1) is 0 Å². The summed E-state index contributed by atoms with van der Waals surface area (Å²) in [6.45, 7) is 11.6. The Balaban J connectivity index is 2.02. The molecular weight excluding hydrogens is 448 g/mol. The second-order valence-corrected chi connectivity index (χ2v) is 12.2. The standard InChI is InChI=1S/C28H38O7/c1-14(2)11-19-21-23(32)15(12-29)22(31)16(13-30)24(21)35-25-20-17(26(3,4)33)8-10-28(6,34)18(20)7-9-27(19,25)5/h7,12-14,17,19-20,25,31-34H,8-11H2,1-6H3. The predicted octanol–water partition coefficient (Wildman–Crippen LogP) is 4.50. The van der Waals surface area contributed by atoms with Crippen LogP contribution in [0.1, 0.15) is 99.4 Å². The summed E-state index contributed by atoms with van der Waals surface area (Å²) in [5, 5.41) is 44.3. The minimum Gasteiger partial charge on any atom is -0.507 e. The lowest BCUT2D eigenvalue weighted by molar-refractivity contribution is -0.118. The highest BCUT2D eigenvalue weighted by molar-refractivity contribution is 5.95. The van der Waals surface area contributed by atoms with Crippen LogP contribution in [0, 0.1) is 23.2 Å². The van der Waals surface area contributed by atoms with Crippen LogP contribution in [-0.2, 0) is 0 Å². The van der Waals surface area contributed by atoms with Crippen molar-refractivity contribution in [3.8, 4) is 17.2 Å². The van der Waals surface area contributed by atoms with Gasteiger partial charge in [-0.05, 0) is 63.9 Å². The number of ether oxygens (including phenoxy) is 1. The van der Waals surface area contributed by atoms with E-state index in [-0.39, 0.29) is 46.3 Å². The van der Waals surface area contributed by atoms with Gasteiger partial charge >= 0.3 is 0 Å². The molecule has 1 aromatic carbocycles. The molecule has 4 rings (SSSR count). The summed E-state index contributed by atoms with van der Waals surface area (Å²) in [5.74, 6) is -1.48. The van der Waals surface area contributed by atoms with Crippen molar-refractivity contribution in [2.24, 2.45) is 23.2 Å². The van der Waals surface area contributed by atoms with Crippen LogP contribution in [0.4, 0.5) is 0 Å². The highest BCUT2D eigenvalue weighted by atomic mass is 16.5. The first-order valence-corrected chi connectivity index (χ1v) is 12.5. The fraction of sp³-hybridized carbons (Fsp3) is 0.643. The number of phenolic OH excluding ortho intramolecular Hbond substituents is 2. The number of hydrogen-bond donors (Lipinski definition) is 4. The zero-order chi connectivity index (χ0) is 26.1. The number of aldehydes is 2. The van der Waals surface area contributed by atoms with Crippen LogP contribution in [-0.4, -0.2) is 50.3 Å². The van der Waals surface area contributed by atoms with Crippen molar-refractivity contribution in [1.82, 2.24) is 0 Å². The molecule has 1 heterocycles. The van der Waals surface area contributed by atoms with E-state index < -0.39 is 28.5 Å². The van der Waals surface area contributed by atoms with Crippen LogP contribution in [0.15, 0.2) is 11.6 Å². The minimum absolute atomic E-state index is 0.0923. The summed E-state index contributed by atoms with van der Waals surface area (Å²) in [7, 11) is 0. The lowest BCUT2D eigenvalue weighted by atomic mass is 9.51. The third-order valence-corrected chi connectivity index (χ3v) is 8.84. The van der Waals surface area contributed by atoms with Crippen LogP contribution in [0.3, 0.4) is 0 Å². The maximum Gasteiger partial charge on any atom is 0.157 e. The topological polar surface area (TPSA) is 124 Å². The number of allylic oxidation sites excluding steroid dienone is 1. The largest absolute Gasteiger partial charge is 0.507 e. The number of hydrogen-bond acceptors (Lipinski definition) is 7. The zero-order valence-electron chi connectivity index (χ0n) is 21.5. The van der Waals surface area contributed by atoms with Crippen molar-refractivity contribution in [3.05, 3.63) is 28.3 Å². The lowest BCUT2D eigenvalue weighted by Gasteiger charge is -2.59. The van der Waals surface area contributed by atoms with E-state index in [1.165, 1.54) is 0 Å². The molecule has 0 spiro atoms. The third kappa shape index (κ3) is 3.78. The van der Waals surface area contributed by atoms with Crippen LogP contribution in [0.25, 0.3) is 0 Å². The highest BCUT2D eigenvalue weighted by Gasteiger charge is 2.60. The van der Waals surface area contributed by atoms with Gasteiger partial charge in [-0.25, -0.2) is 0 Å². The molecule has 6 atom stereocenters. The van der Waals surface area contributed by atoms with E-state index in [4.69, 9.17) is 4.74 Å². The number of rotatable bonds is 5. The van der Waals surface area contributed by atoms with Gasteiger partial charge in [-0.2, -0.15) is 0 Å². The molecule has 1 aliphatic heterocycles. The molecule has 1 aromatic rings. The number of aliphatic hydroxyl groups is 2. The third-order valence-electron chi connectivity index (χ3n) is 8.84. The fourth-order valence-electron chi connectivity index (χ4n) is 7.01. The second kappa shape index (κ2) is 8.34.